The fraction of sp³-hybridized carbons (Fsp3) is 0. The molecule has 2 aromatic heterocycles. The highest BCUT2D eigenvalue weighted by Gasteiger charge is 2.15. The fourth-order valence-corrected chi connectivity index (χ4v) is 1.57. The Morgan fingerprint density at radius 2 is 2.19 bits per heavy atom. The Hall–Kier alpha value is -2.30. The van der Waals surface area contributed by atoms with E-state index in [1.54, 1.807) is 18.2 Å². The van der Waals surface area contributed by atoms with Crippen molar-refractivity contribution in [2.24, 2.45) is 0 Å². The first-order valence-corrected chi connectivity index (χ1v) is 4.64. The van der Waals surface area contributed by atoms with Crippen LogP contribution in [0.15, 0.2) is 39.4 Å². The van der Waals surface area contributed by atoms with Gasteiger partial charge in [0.15, 0.2) is 5.76 Å². The molecule has 0 saturated heterocycles. The predicted molar refractivity (Wildman–Crippen MR) is 56.1 cm³/mol. The van der Waals surface area contributed by atoms with Crippen LogP contribution in [0.25, 0.3) is 22.5 Å². The fourth-order valence-electron chi connectivity index (χ4n) is 1.57. The lowest BCUT2D eigenvalue weighted by atomic mass is 10.2. The van der Waals surface area contributed by atoms with Crippen molar-refractivity contribution < 1.29 is 13.3 Å². The van der Waals surface area contributed by atoms with Crippen LogP contribution in [-0.4, -0.2) is 5.16 Å². The van der Waals surface area contributed by atoms with Crippen molar-refractivity contribution >= 4 is 16.7 Å². The van der Waals surface area contributed by atoms with Crippen LogP contribution in [0.3, 0.4) is 0 Å². The van der Waals surface area contributed by atoms with E-state index in [-0.39, 0.29) is 5.82 Å². The van der Waals surface area contributed by atoms with Gasteiger partial charge in [-0.05, 0) is 18.2 Å². The molecule has 0 fully saturated rings. The third kappa shape index (κ3) is 1.18. The van der Waals surface area contributed by atoms with Crippen LogP contribution in [0.2, 0.25) is 0 Å². The molecule has 4 nitrogen and oxygen atoms in total. The van der Waals surface area contributed by atoms with Crippen LogP contribution < -0.4 is 5.73 Å². The molecular weight excluding hydrogens is 211 g/mol. The van der Waals surface area contributed by atoms with Crippen molar-refractivity contribution in [1.82, 2.24) is 5.16 Å². The first-order chi connectivity index (χ1) is 7.75. The summed E-state index contributed by atoms with van der Waals surface area (Å²) >= 11 is 0. The van der Waals surface area contributed by atoms with Crippen LogP contribution in [0, 0.1) is 5.82 Å². The number of aromatic nitrogens is 1. The van der Waals surface area contributed by atoms with E-state index in [1.807, 2.05) is 0 Å². The number of nitrogen functional groups attached to an aromatic ring is 1. The molecule has 3 aromatic rings. The average molecular weight is 218 g/mol. The van der Waals surface area contributed by atoms with Crippen LogP contribution in [0.4, 0.5) is 10.1 Å². The highest BCUT2D eigenvalue weighted by Crippen LogP contribution is 2.32. The molecule has 80 valence electrons. The summed E-state index contributed by atoms with van der Waals surface area (Å²) < 4.78 is 23.8. The monoisotopic (exact) mass is 218 g/mol. The Labute approximate surface area is 89.4 Å². The zero-order valence-electron chi connectivity index (χ0n) is 8.11. The molecule has 3 rings (SSSR count). The van der Waals surface area contributed by atoms with Gasteiger partial charge in [0, 0.05) is 0 Å². The van der Waals surface area contributed by atoms with Gasteiger partial charge >= 0.3 is 0 Å². The van der Waals surface area contributed by atoms with E-state index in [1.165, 1.54) is 12.3 Å². The van der Waals surface area contributed by atoms with Gasteiger partial charge in [0.25, 0.3) is 0 Å². The van der Waals surface area contributed by atoms with Crippen LogP contribution >= 0.6 is 0 Å². The molecule has 0 aliphatic rings. The van der Waals surface area contributed by atoms with E-state index in [9.17, 15) is 4.39 Å². The molecule has 0 saturated carbocycles. The van der Waals surface area contributed by atoms with Gasteiger partial charge in [-0.15, -0.1) is 0 Å². The van der Waals surface area contributed by atoms with Crippen molar-refractivity contribution in [3.8, 4) is 11.5 Å². The Kier molecular flexibility index (Phi) is 1.73. The number of hydrogen-bond acceptors (Lipinski definition) is 4. The van der Waals surface area contributed by atoms with Crippen LogP contribution in [-0.2, 0) is 0 Å². The van der Waals surface area contributed by atoms with Crippen molar-refractivity contribution in [3.63, 3.8) is 0 Å². The number of hydrogen-bond donors (Lipinski definition) is 1. The van der Waals surface area contributed by atoms with Gasteiger partial charge in [0.05, 0.1) is 11.6 Å². The molecule has 2 heterocycles. The topological polar surface area (TPSA) is 65.2 Å². The van der Waals surface area contributed by atoms with Gasteiger partial charge in [0.2, 0.25) is 5.76 Å². The molecule has 0 amide bonds. The first kappa shape index (κ1) is 8.96. The molecule has 0 atom stereocenters. The highest BCUT2D eigenvalue weighted by molar-refractivity contribution is 5.84. The zero-order chi connectivity index (χ0) is 11.1. The Morgan fingerprint density at radius 3 is 2.88 bits per heavy atom. The Balaban J connectivity index is 2.27. The van der Waals surface area contributed by atoms with Crippen molar-refractivity contribution in [1.29, 1.82) is 0 Å². The van der Waals surface area contributed by atoms with Gasteiger partial charge in [-0.1, -0.05) is 11.2 Å². The Morgan fingerprint density at radius 1 is 1.31 bits per heavy atom. The summed E-state index contributed by atoms with van der Waals surface area (Å²) in [5.41, 5.74) is 6.43. The van der Waals surface area contributed by atoms with E-state index < -0.39 is 0 Å². The van der Waals surface area contributed by atoms with Crippen LogP contribution in [0.5, 0.6) is 0 Å². The standard InChI is InChI=1S/C11H7FN2O2/c12-7-2-1-3-9-6(7)4-10(15-9)11-8(13)5-14-16-11/h1-5H,13H2. The molecule has 0 unspecified atom stereocenters. The van der Waals surface area contributed by atoms with E-state index in [2.05, 4.69) is 5.16 Å². The van der Waals surface area contributed by atoms with E-state index in [0.29, 0.717) is 28.2 Å². The zero-order valence-corrected chi connectivity index (χ0v) is 8.11. The molecule has 1 aromatic carbocycles. The minimum absolute atomic E-state index is 0.315. The average Bonchev–Trinajstić information content (AvgIpc) is 2.84. The summed E-state index contributed by atoms with van der Waals surface area (Å²) in [6.07, 6.45) is 1.37. The normalized spacial score (nSPS) is 11.1. The molecule has 0 aliphatic carbocycles. The molecule has 0 spiro atoms. The number of fused-ring (bicyclic) bond motifs is 1. The highest BCUT2D eigenvalue weighted by atomic mass is 19.1. The Bertz CT molecular complexity index is 657. The maximum Gasteiger partial charge on any atom is 0.224 e. The summed E-state index contributed by atoms with van der Waals surface area (Å²) in [6.45, 7) is 0. The molecule has 0 bridgehead atoms. The molecule has 16 heavy (non-hydrogen) atoms. The second kappa shape index (κ2) is 3.10. The predicted octanol–water partition coefficient (Wildman–Crippen LogP) is 2.81. The second-order valence-electron chi connectivity index (χ2n) is 3.37. The van der Waals surface area contributed by atoms with Gasteiger partial charge in [-0.2, -0.15) is 0 Å². The third-order valence-corrected chi connectivity index (χ3v) is 2.33. The van der Waals surface area contributed by atoms with E-state index >= 15 is 0 Å². The quantitative estimate of drug-likeness (QED) is 0.682. The molecule has 5 heteroatoms. The SMILES string of the molecule is Nc1cnoc1-c1cc2c(F)cccc2o1. The summed E-state index contributed by atoms with van der Waals surface area (Å²) in [5.74, 6) is 0.344. The van der Waals surface area contributed by atoms with E-state index in [4.69, 9.17) is 14.7 Å². The summed E-state index contributed by atoms with van der Waals surface area (Å²) in [5, 5.41) is 3.93. The van der Waals surface area contributed by atoms with Gasteiger partial charge < -0.3 is 14.7 Å². The third-order valence-electron chi connectivity index (χ3n) is 2.33. The largest absolute Gasteiger partial charge is 0.452 e. The molecule has 2 N–H and O–H groups in total. The lowest BCUT2D eigenvalue weighted by Gasteiger charge is -1.89. The smallest absolute Gasteiger partial charge is 0.224 e. The minimum Gasteiger partial charge on any atom is -0.452 e. The van der Waals surface area contributed by atoms with Gasteiger partial charge in [0.1, 0.15) is 17.1 Å². The number of anilines is 1. The number of benzene rings is 1. The summed E-state index contributed by atoms with van der Waals surface area (Å²) in [7, 11) is 0. The number of nitrogens with two attached hydrogens (primary N) is 1. The van der Waals surface area contributed by atoms with Crippen molar-refractivity contribution in [3.05, 3.63) is 36.3 Å². The van der Waals surface area contributed by atoms with Crippen molar-refractivity contribution in [2.45, 2.75) is 0 Å². The van der Waals surface area contributed by atoms with Gasteiger partial charge in [-0.25, -0.2) is 4.39 Å². The van der Waals surface area contributed by atoms with E-state index in [0.717, 1.165) is 0 Å². The lowest BCUT2D eigenvalue weighted by Crippen LogP contribution is -1.82. The maximum absolute atomic E-state index is 13.4. The molecule has 0 aliphatic heterocycles. The summed E-state index contributed by atoms with van der Waals surface area (Å²) in [6, 6.07) is 6.16. The minimum atomic E-state index is -0.342. The first-order valence-electron chi connectivity index (χ1n) is 4.64. The van der Waals surface area contributed by atoms with Crippen molar-refractivity contribution in [2.75, 3.05) is 5.73 Å². The van der Waals surface area contributed by atoms with Crippen LogP contribution in [0.1, 0.15) is 0 Å². The maximum atomic E-state index is 13.4. The number of nitrogens with zero attached hydrogens (tertiary/aromatic N) is 1. The lowest BCUT2D eigenvalue weighted by molar-refractivity contribution is 0.421. The molecular formula is C11H7FN2O2. The summed E-state index contributed by atoms with van der Waals surface area (Å²) in [4.78, 5) is 0. The van der Waals surface area contributed by atoms with Gasteiger partial charge in [-0.3, -0.25) is 0 Å². The number of furan rings is 1. The second-order valence-corrected chi connectivity index (χ2v) is 3.37. The number of halogens is 1. The molecule has 0 radical (unpaired) electrons. The number of rotatable bonds is 1.